The molecule has 0 aliphatic heterocycles. The van der Waals surface area contributed by atoms with E-state index in [1.54, 1.807) is 17.4 Å². The smallest absolute Gasteiger partial charge is 0.328 e. The predicted molar refractivity (Wildman–Crippen MR) is 80.6 cm³/mol. The van der Waals surface area contributed by atoms with Crippen LogP contribution in [0.2, 0.25) is 0 Å². The van der Waals surface area contributed by atoms with Gasteiger partial charge in [0.2, 0.25) is 0 Å². The van der Waals surface area contributed by atoms with E-state index in [-0.39, 0.29) is 11.4 Å². The van der Waals surface area contributed by atoms with Crippen LogP contribution in [0.3, 0.4) is 0 Å². The molecule has 0 aromatic carbocycles. The van der Waals surface area contributed by atoms with Gasteiger partial charge in [-0.05, 0) is 24.5 Å². The van der Waals surface area contributed by atoms with Gasteiger partial charge in [-0.3, -0.25) is 5.32 Å². The first-order valence-corrected chi connectivity index (χ1v) is 7.33. The first kappa shape index (κ1) is 15.9. The molecule has 4 heteroatoms. The van der Waals surface area contributed by atoms with Gasteiger partial charge in [-0.1, -0.05) is 26.8 Å². The third-order valence-corrected chi connectivity index (χ3v) is 4.21. The molecule has 1 heterocycles. The second-order valence-electron chi connectivity index (χ2n) is 5.33. The van der Waals surface area contributed by atoms with E-state index in [1.807, 2.05) is 13.0 Å². The Balaban J connectivity index is 2.93. The minimum Gasteiger partial charge on any atom is -0.465 e. The molecule has 19 heavy (non-hydrogen) atoms. The summed E-state index contributed by atoms with van der Waals surface area (Å²) in [6.07, 6.45) is 1.74. The number of hydrogen-bond donors (Lipinski definition) is 1. The van der Waals surface area contributed by atoms with Crippen LogP contribution < -0.4 is 5.32 Å². The van der Waals surface area contributed by atoms with Crippen LogP contribution >= 0.6 is 11.3 Å². The second-order valence-corrected chi connectivity index (χ2v) is 6.45. The molecule has 3 nitrogen and oxygen atoms in total. The molecule has 0 aliphatic rings. The van der Waals surface area contributed by atoms with Crippen LogP contribution in [-0.4, -0.2) is 19.1 Å². The van der Waals surface area contributed by atoms with Gasteiger partial charge in [-0.2, -0.15) is 0 Å². The van der Waals surface area contributed by atoms with E-state index < -0.39 is 6.04 Å². The number of ether oxygens (including phenoxy) is 1. The molecule has 0 saturated heterocycles. The van der Waals surface area contributed by atoms with Gasteiger partial charge in [0.1, 0.15) is 6.04 Å². The number of esters is 1. The molecule has 0 radical (unpaired) electrons. The average Bonchev–Trinajstić information content (AvgIpc) is 2.79. The third-order valence-electron chi connectivity index (χ3n) is 2.64. The zero-order chi connectivity index (χ0) is 14.5. The van der Waals surface area contributed by atoms with Crippen molar-refractivity contribution >= 4 is 17.3 Å². The highest BCUT2D eigenvalue weighted by molar-refractivity contribution is 7.12. The van der Waals surface area contributed by atoms with Crippen molar-refractivity contribution < 1.29 is 9.53 Å². The lowest BCUT2D eigenvalue weighted by Gasteiger charge is -2.17. The van der Waals surface area contributed by atoms with E-state index in [0.717, 1.165) is 4.88 Å². The van der Waals surface area contributed by atoms with Gasteiger partial charge in [0.15, 0.2) is 0 Å². The molecule has 0 saturated carbocycles. The molecule has 1 unspecified atom stereocenters. The van der Waals surface area contributed by atoms with Gasteiger partial charge in [-0.25, -0.2) is 4.79 Å². The SMILES string of the molecule is C=CCNC(C(=O)OCC)c1ccc(C(C)(C)C)s1. The highest BCUT2D eigenvalue weighted by Crippen LogP contribution is 2.32. The van der Waals surface area contributed by atoms with E-state index in [1.165, 1.54) is 4.88 Å². The highest BCUT2D eigenvalue weighted by Gasteiger charge is 2.25. The predicted octanol–water partition coefficient (Wildman–Crippen LogP) is 3.43. The average molecular weight is 281 g/mol. The van der Waals surface area contributed by atoms with Crippen molar-refractivity contribution in [1.29, 1.82) is 0 Å². The van der Waals surface area contributed by atoms with Crippen molar-refractivity contribution in [2.75, 3.05) is 13.2 Å². The van der Waals surface area contributed by atoms with Crippen molar-refractivity contribution in [2.45, 2.75) is 39.2 Å². The zero-order valence-corrected chi connectivity index (χ0v) is 13.0. The third kappa shape index (κ3) is 4.48. The standard InChI is InChI=1S/C15H23NO2S/c1-6-10-16-13(14(17)18-7-2)11-8-9-12(19-11)15(3,4)5/h6,8-9,13,16H,1,7,10H2,2-5H3. The minimum absolute atomic E-state index is 0.0978. The first-order chi connectivity index (χ1) is 8.90. The Kier molecular flexibility index (Phi) is 5.76. The number of rotatable bonds is 6. The van der Waals surface area contributed by atoms with E-state index in [4.69, 9.17) is 4.74 Å². The summed E-state index contributed by atoms with van der Waals surface area (Å²) in [6, 6.07) is 3.68. The van der Waals surface area contributed by atoms with Gasteiger partial charge in [0, 0.05) is 16.3 Å². The van der Waals surface area contributed by atoms with Crippen molar-refractivity contribution in [3.8, 4) is 0 Å². The van der Waals surface area contributed by atoms with E-state index in [0.29, 0.717) is 13.2 Å². The van der Waals surface area contributed by atoms with Crippen LogP contribution in [0, 0.1) is 0 Å². The molecule has 0 spiro atoms. The van der Waals surface area contributed by atoms with Crippen molar-refractivity contribution in [3.63, 3.8) is 0 Å². The van der Waals surface area contributed by atoms with Crippen molar-refractivity contribution in [1.82, 2.24) is 5.32 Å². The lowest BCUT2D eigenvalue weighted by molar-refractivity contribution is -0.145. The summed E-state index contributed by atoms with van der Waals surface area (Å²) in [5.41, 5.74) is 0.0978. The molecule has 0 fully saturated rings. The fraction of sp³-hybridized carbons (Fsp3) is 0.533. The topological polar surface area (TPSA) is 38.3 Å². The summed E-state index contributed by atoms with van der Waals surface area (Å²) in [4.78, 5) is 14.2. The Morgan fingerprint density at radius 2 is 2.21 bits per heavy atom. The Labute approximate surface area is 119 Å². The lowest BCUT2D eigenvalue weighted by atomic mass is 9.95. The van der Waals surface area contributed by atoms with Gasteiger partial charge in [0.05, 0.1) is 6.61 Å². The van der Waals surface area contributed by atoms with Gasteiger partial charge in [0.25, 0.3) is 0 Å². The summed E-state index contributed by atoms with van der Waals surface area (Å²) < 4.78 is 5.12. The van der Waals surface area contributed by atoms with Crippen molar-refractivity contribution in [3.05, 3.63) is 34.5 Å². The van der Waals surface area contributed by atoms with Crippen LogP contribution in [0.15, 0.2) is 24.8 Å². The maximum Gasteiger partial charge on any atom is 0.328 e. The number of hydrogen-bond acceptors (Lipinski definition) is 4. The number of carbonyl (C=O) groups is 1. The number of thiophene rings is 1. The van der Waals surface area contributed by atoms with Gasteiger partial charge in [-0.15, -0.1) is 17.9 Å². The Hall–Kier alpha value is -1.13. The maximum absolute atomic E-state index is 12.0. The van der Waals surface area contributed by atoms with Gasteiger partial charge >= 0.3 is 5.97 Å². The van der Waals surface area contributed by atoms with E-state index in [9.17, 15) is 4.79 Å². The molecule has 1 aromatic heterocycles. The Morgan fingerprint density at radius 1 is 1.53 bits per heavy atom. The highest BCUT2D eigenvalue weighted by atomic mass is 32.1. The minimum atomic E-state index is -0.404. The summed E-state index contributed by atoms with van der Waals surface area (Å²) >= 11 is 1.65. The largest absolute Gasteiger partial charge is 0.465 e. The summed E-state index contributed by atoms with van der Waals surface area (Å²) in [7, 11) is 0. The molecule has 1 atom stereocenters. The molecule has 0 amide bonds. The summed E-state index contributed by atoms with van der Waals surface area (Å²) in [6.45, 7) is 12.9. The molecular weight excluding hydrogens is 258 g/mol. The molecule has 0 bridgehead atoms. The lowest BCUT2D eigenvalue weighted by Crippen LogP contribution is -2.29. The van der Waals surface area contributed by atoms with Crippen molar-refractivity contribution in [2.24, 2.45) is 0 Å². The molecule has 106 valence electrons. The van der Waals surface area contributed by atoms with Crippen LogP contribution in [-0.2, 0) is 14.9 Å². The zero-order valence-electron chi connectivity index (χ0n) is 12.2. The van der Waals surface area contributed by atoms with Crippen LogP contribution in [0.1, 0.15) is 43.5 Å². The molecule has 0 aliphatic carbocycles. The fourth-order valence-electron chi connectivity index (χ4n) is 1.64. The molecule has 1 N–H and O–H groups in total. The summed E-state index contributed by atoms with van der Waals surface area (Å²) in [5.74, 6) is -0.230. The molecule has 1 aromatic rings. The van der Waals surface area contributed by atoms with E-state index >= 15 is 0 Å². The van der Waals surface area contributed by atoms with E-state index in [2.05, 4.69) is 38.7 Å². The summed E-state index contributed by atoms with van der Waals surface area (Å²) in [5, 5.41) is 3.15. The second kappa shape index (κ2) is 6.87. The van der Waals surface area contributed by atoms with Gasteiger partial charge < -0.3 is 4.74 Å². The number of carbonyl (C=O) groups excluding carboxylic acids is 1. The maximum atomic E-state index is 12.0. The van der Waals surface area contributed by atoms with Crippen LogP contribution in [0.4, 0.5) is 0 Å². The number of nitrogens with one attached hydrogen (secondary N) is 1. The molecular formula is C15H23NO2S. The quantitative estimate of drug-likeness (QED) is 0.641. The normalized spacial score (nSPS) is 13.1. The fourth-order valence-corrected chi connectivity index (χ4v) is 2.77. The Morgan fingerprint density at radius 3 is 2.68 bits per heavy atom. The monoisotopic (exact) mass is 281 g/mol. The Bertz CT molecular complexity index is 432. The van der Waals surface area contributed by atoms with Crippen LogP contribution in [0.5, 0.6) is 0 Å². The first-order valence-electron chi connectivity index (χ1n) is 6.51. The van der Waals surface area contributed by atoms with Crippen LogP contribution in [0.25, 0.3) is 0 Å². The molecule has 1 rings (SSSR count).